The maximum Gasteiger partial charge on any atom is 0.289 e. The molecule has 1 atom stereocenters. The Bertz CT molecular complexity index is 956. The molecule has 0 bridgehead atoms. The molecule has 1 N–H and O–H groups in total. The van der Waals surface area contributed by atoms with Crippen LogP contribution in [-0.4, -0.2) is 55.6 Å². The number of β-amino-alcohol motifs (C(OH)–C–C–N with tert-alkyl or cyclic N) is 1. The number of aliphatic hydroxyl groups is 1. The van der Waals surface area contributed by atoms with Crippen LogP contribution in [0.1, 0.15) is 18.4 Å². The van der Waals surface area contributed by atoms with E-state index in [2.05, 4.69) is 4.90 Å². The molecule has 3 rings (SSSR count). The fourth-order valence-corrected chi connectivity index (χ4v) is 5.17. The molecule has 1 aliphatic heterocycles. The number of sulfonamides is 1. The summed E-state index contributed by atoms with van der Waals surface area (Å²) >= 11 is 0. The summed E-state index contributed by atoms with van der Waals surface area (Å²) in [7, 11) is -4.26. The average molecular weight is 420 g/mol. The van der Waals surface area contributed by atoms with E-state index in [4.69, 9.17) is 0 Å². The highest BCUT2D eigenvalue weighted by atomic mass is 32.2. The van der Waals surface area contributed by atoms with Crippen molar-refractivity contribution in [2.75, 3.05) is 30.5 Å². The number of hydrogen-bond acceptors (Lipinski definition) is 6. The second-order valence-electron chi connectivity index (χ2n) is 7.26. The molecule has 2 aromatic carbocycles. The quantitative estimate of drug-likeness (QED) is 0.521. The van der Waals surface area contributed by atoms with Crippen LogP contribution in [0.4, 0.5) is 11.4 Å². The molecule has 156 valence electrons. The lowest BCUT2D eigenvalue weighted by molar-refractivity contribution is -0.387. The van der Waals surface area contributed by atoms with Gasteiger partial charge in [-0.3, -0.25) is 14.4 Å². The van der Waals surface area contributed by atoms with Gasteiger partial charge in [0.2, 0.25) is 0 Å². The molecule has 29 heavy (non-hydrogen) atoms. The number of nitrogens with zero attached hydrogens (tertiary/aromatic N) is 3. The van der Waals surface area contributed by atoms with Gasteiger partial charge in [-0.15, -0.1) is 0 Å². The van der Waals surface area contributed by atoms with Crippen LogP contribution in [0, 0.1) is 17.0 Å². The molecule has 1 aliphatic rings. The Kier molecular flexibility index (Phi) is 6.51. The van der Waals surface area contributed by atoms with Crippen LogP contribution in [0.25, 0.3) is 0 Å². The number of aryl methyl sites for hydroxylation is 1. The number of aliphatic hydroxyl groups excluding tert-OH is 1. The van der Waals surface area contributed by atoms with E-state index in [0.717, 1.165) is 35.8 Å². The Hall–Kier alpha value is -2.49. The maximum atomic E-state index is 13.4. The number of para-hydroxylation sites is 1. The average Bonchev–Trinajstić information content (AvgIpc) is 3.19. The number of likely N-dealkylation sites (tertiary alicyclic amines) is 1. The van der Waals surface area contributed by atoms with Crippen molar-refractivity contribution in [3.05, 3.63) is 64.2 Å². The van der Waals surface area contributed by atoms with E-state index in [1.54, 1.807) is 24.3 Å². The summed E-state index contributed by atoms with van der Waals surface area (Å²) in [6.07, 6.45) is 1.19. The van der Waals surface area contributed by atoms with Crippen LogP contribution in [0.3, 0.4) is 0 Å². The Morgan fingerprint density at radius 3 is 2.38 bits per heavy atom. The zero-order chi connectivity index (χ0) is 21.0. The van der Waals surface area contributed by atoms with Gasteiger partial charge in [0.15, 0.2) is 4.90 Å². The molecule has 0 aromatic heterocycles. The third-order valence-corrected chi connectivity index (χ3v) is 6.84. The van der Waals surface area contributed by atoms with Crippen LogP contribution >= 0.6 is 0 Å². The van der Waals surface area contributed by atoms with Crippen molar-refractivity contribution < 1.29 is 18.4 Å². The van der Waals surface area contributed by atoms with Crippen molar-refractivity contribution in [2.24, 2.45) is 0 Å². The van der Waals surface area contributed by atoms with E-state index in [1.807, 2.05) is 6.92 Å². The Morgan fingerprint density at radius 2 is 1.76 bits per heavy atom. The zero-order valence-electron chi connectivity index (χ0n) is 16.3. The second-order valence-corrected chi connectivity index (χ2v) is 9.09. The van der Waals surface area contributed by atoms with Gasteiger partial charge in [0, 0.05) is 12.6 Å². The highest BCUT2D eigenvalue weighted by molar-refractivity contribution is 7.93. The van der Waals surface area contributed by atoms with E-state index >= 15 is 0 Å². The molecule has 0 saturated carbocycles. The predicted molar refractivity (Wildman–Crippen MR) is 110 cm³/mol. The largest absolute Gasteiger partial charge is 0.390 e. The smallest absolute Gasteiger partial charge is 0.289 e. The van der Waals surface area contributed by atoms with Crippen molar-refractivity contribution in [3.8, 4) is 0 Å². The molecule has 0 radical (unpaired) electrons. The lowest BCUT2D eigenvalue weighted by Gasteiger charge is -2.28. The van der Waals surface area contributed by atoms with E-state index in [0.29, 0.717) is 12.2 Å². The second kappa shape index (κ2) is 8.89. The summed E-state index contributed by atoms with van der Waals surface area (Å²) in [6.45, 7) is 3.80. The van der Waals surface area contributed by atoms with Gasteiger partial charge >= 0.3 is 0 Å². The standard InChI is InChI=1S/C20H25N3O5S/c1-16-8-10-17(11-9-16)22(15-18(24)14-21-12-4-5-13-21)29(27,28)20-7-3-2-6-19(20)23(25)26/h2-3,6-11,18,24H,4-5,12-15H2,1H3. The molecule has 1 heterocycles. The van der Waals surface area contributed by atoms with Crippen molar-refractivity contribution in [3.63, 3.8) is 0 Å². The van der Waals surface area contributed by atoms with Gasteiger partial charge in [-0.2, -0.15) is 0 Å². The maximum absolute atomic E-state index is 13.4. The molecule has 2 aromatic rings. The minimum absolute atomic E-state index is 0.187. The van der Waals surface area contributed by atoms with Crippen molar-refractivity contribution >= 4 is 21.4 Å². The fraction of sp³-hybridized carbons (Fsp3) is 0.400. The van der Waals surface area contributed by atoms with Gasteiger partial charge in [-0.25, -0.2) is 8.42 Å². The van der Waals surface area contributed by atoms with Crippen molar-refractivity contribution in [1.29, 1.82) is 0 Å². The molecular weight excluding hydrogens is 394 g/mol. The third-order valence-electron chi connectivity index (χ3n) is 5.00. The summed E-state index contributed by atoms with van der Waals surface area (Å²) in [5, 5.41) is 22.0. The monoisotopic (exact) mass is 419 g/mol. The van der Waals surface area contributed by atoms with Crippen LogP contribution < -0.4 is 4.31 Å². The number of nitro benzene ring substituents is 1. The van der Waals surface area contributed by atoms with Crippen LogP contribution in [0.5, 0.6) is 0 Å². The summed E-state index contributed by atoms with van der Waals surface area (Å²) < 4.78 is 27.9. The number of anilines is 1. The van der Waals surface area contributed by atoms with Gasteiger partial charge in [-0.05, 0) is 51.1 Å². The molecule has 8 nitrogen and oxygen atoms in total. The minimum atomic E-state index is -4.26. The lowest BCUT2D eigenvalue weighted by Crippen LogP contribution is -2.42. The molecule has 1 unspecified atom stereocenters. The molecule has 1 saturated heterocycles. The topological polar surface area (TPSA) is 104 Å². The van der Waals surface area contributed by atoms with Crippen LogP contribution in [0.2, 0.25) is 0 Å². The van der Waals surface area contributed by atoms with E-state index in [9.17, 15) is 23.6 Å². The van der Waals surface area contributed by atoms with Gasteiger partial charge in [-0.1, -0.05) is 29.8 Å². The first-order valence-electron chi connectivity index (χ1n) is 9.52. The fourth-order valence-electron chi connectivity index (χ4n) is 3.51. The first-order chi connectivity index (χ1) is 13.8. The highest BCUT2D eigenvalue weighted by Crippen LogP contribution is 2.30. The minimum Gasteiger partial charge on any atom is -0.390 e. The summed E-state index contributed by atoms with van der Waals surface area (Å²) in [4.78, 5) is 12.4. The molecule has 0 aliphatic carbocycles. The molecule has 1 fully saturated rings. The summed E-state index contributed by atoms with van der Waals surface area (Å²) in [6, 6.07) is 12.1. The first kappa shape index (κ1) is 21.2. The molecule has 0 amide bonds. The normalized spacial score (nSPS) is 15.9. The SMILES string of the molecule is Cc1ccc(N(CC(O)CN2CCCC2)S(=O)(=O)c2ccccc2[N+](=O)[O-])cc1. The summed E-state index contributed by atoms with van der Waals surface area (Å²) in [5.41, 5.74) is 0.822. The van der Waals surface area contributed by atoms with E-state index in [-0.39, 0.29) is 11.4 Å². The first-order valence-corrected chi connectivity index (χ1v) is 11.0. The summed E-state index contributed by atoms with van der Waals surface area (Å²) in [5.74, 6) is 0. The Labute approximate surface area is 170 Å². The van der Waals surface area contributed by atoms with Gasteiger partial charge in [0.1, 0.15) is 0 Å². The van der Waals surface area contributed by atoms with Gasteiger partial charge in [0.05, 0.1) is 23.3 Å². The third kappa shape index (κ3) is 4.92. The Morgan fingerprint density at radius 1 is 1.14 bits per heavy atom. The number of hydrogen-bond donors (Lipinski definition) is 1. The van der Waals surface area contributed by atoms with E-state index in [1.165, 1.54) is 24.3 Å². The number of nitro groups is 1. The molecule has 0 spiro atoms. The van der Waals surface area contributed by atoms with Crippen LogP contribution in [0.15, 0.2) is 53.4 Å². The van der Waals surface area contributed by atoms with Crippen molar-refractivity contribution in [1.82, 2.24) is 4.90 Å². The highest BCUT2D eigenvalue weighted by Gasteiger charge is 2.33. The number of benzene rings is 2. The van der Waals surface area contributed by atoms with Crippen molar-refractivity contribution in [2.45, 2.75) is 30.8 Å². The molecule has 9 heteroatoms. The van der Waals surface area contributed by atoms with E-state index < -0.39 is 26.7 Å². The predicted octanol–water partition coefficient (Wildman–Crippen LogP) is 2.56. The van der Waals surface area contributed by atoms with Crippen LogP contribution in [-0.2, 0) is 10.0 Å². The van der Waals surface area contributed by atoms with Gasteiger partial charge in [0.25, 0.3) is 15.7 Å². The zero-order valence-corrected chi connectivity index (χ0v) is 17.1. The number of rotatable bonds is 8. The lowest BCUT2D eigenvalue weighted by atomic mass is 10.2. The van der Waals surface area contributed by atoms with Gasteiger partial charge < -0.3 is 10.0 Å². The molecular formula is C20H25N3O5S. The Balaban J connectivity index is 1.97.